The minimum absolute atomic E-state index is 0.101. The van der Waals surface area contributed by atoms with Crippen LogP contribution in [-0.4, -0.2) is 16.1 Å². The van der Waals surface area contributed by atoms with Crippen molar-refractivity contribution in [3.05, 3.63) is 71.4 Å². The number of nitrogens with one attached hydrogen (secondary N) is 1. The Hall–Kier alpha value is -2.96. The average molecular weight is 331 g/mol. The van der Waals surface area contributed by atoms with Crippen LogP contribution in [0.2, 0.25) is 0 Å². The first-order valence-electron chi connectivity index (χ1n) is 7.11. The van der Waals surface area contributed by atoms with Crippen molar-refractivity contribution in [2.45, 2.75) is 12.7 Å². The van der Waals surface area contributed by atoms with Gasteiger partial charge in [-0.1, -0.05) is 36.4 Å². The molecule has 7 heteroatoms. The zero-order valence-electron chi connectivity index (χ0n) is 12.3. The van der Waals surface area contributed by atoms with Crippen molar-refractivity contribution in [1.29, 1.82) is 0 Å². The minimum atomic E-state index is -4.37. The summed E-state index contributed by atoms with van der Waals surface area (Å²) in [5.74, 6) is -0.427. The zero-order valence-corrected chi connectivity index (χ0v) is 12.3. The average Bonchev–Trinajstić information content (AvgIpc) is 2.81. The molecule has 1 aromatic rings. The largest absolute Gasteiger partial charge is 0.416 e. The molecule has 0 saturated carbocycles. The molecule has 4 nitrogen and oxygen atoms in total. The SMILES string of the molecule is O=C(NCc1ccc(C(F)(F)F)cc1)c1nnc2cccccc1-2. The van der Waals surface area contributed by atoms with Crippen LogP contribution in [0.15, 0.2) is 54.6 Å². The molecule has 1 N–H and O–H groups in total. The summed E-state index contributed by atoms with van der Waals surface area (Å²) in [5.41, 5.74) is 1.24. The number of aromatic nitrogens is 2. The van der Waals surface area contributed by atoms with Crippen LogP contribution >= 0.6 is 0 Å². The van der Waals surface area contributed by atoms with Gasteiger partial charge in [0.2, 0.25) is 0 Å². The molecule has 0 fully saturated rings. The number of rotatable bonds is 3. The first-order chi connectivity index (χ1) is 11.4. The van der Waals surface area contributed by atoms with E-state index in [0.29, 0.717) is 16.8 Å². The standard InChI is InChI=1S/C17H12F3N3O/c18-17(19,20)12-8-6-11(7-9-12)10-21-16(24)15-13-4-2-1-3-5-14(13)22-23-15/h1-9H,10H2,(H,21,24). The van der Waals surface area contributed by atoms with Crippen LogP contribution < -0.4 is 5.32 Å². The summed E-state index contributed by atoms with van der Waals surface area (Å²) in [5, 5.41) is 10.4. The first kappa shape index (κ1) is 15.9. The van der Waals surface area contributed by atoms with Crippen LogP contribution in [0.25, 0.3) is 11.3 Å². The number of carbonyl (C=O) groups excluding carboxylic acids is 1. The Kier molecular flexibility index (Phi) is 4.16. The van der Waals surface area contributed by atoms with E-state index in [0.717, 1.165) is 12.1 Å². The summed E-state index contributed by atoms with van der Waals surface area (Å²) >= 11 is 0. The number of amides is 1. The highest BCUT2D eigenvalue weighted by Gasteiger charge is 2.29. The van der Waals surface area contributed by atoms with Gasteiger partial charge < -0.3 is 5.32 Å². The van der Waals surface area contributed by atoms with E-state index >= 15 is 0 Å². The van der Waals surface area contributed by atoms with Crippen LogP contribution in [0.1, 0.15) is 21.6 Å². The fraction of sp³-hybridized carbons (Fsp3) is 0.118. The topological polar surface area (TPSA) is 54.9 Å². The lowest BCUT2D eigenvalue weighted by molar-refractivity contribution is -0.137. The number of halogens is 3. The number of alkyl halides is 3. The van der Waals surface area contributed by atoms with E-state index < -0.39 is 17.6 Å². The van der Waals surface area contributed by atoms with Crippen molar-refractivity contribution in [2.75, 3.05) is 0 Å². The maximum absolute atomic E-state index is 12.5. The van der Waals surface area contributed by atoms with Crippen molar-refractivity contribution < 1.29 is 18.0 Å². The smallest absolute Gasteiger partial charge is 0.347 e. The molecule has 0 spiro atoms. The maximum Gasteiger partial charge on any atom is 0.416 e. The van der Waals surface area contributed by atoms with E-state index in [-0.39, 0.29) is 12.2 Å². The Morgan fingerprint density at radius 3 is 2.38 bits per heavy atom. The zero-order chi connectivity index (χ0) is 17.2. The fourth-order valence-electron chi connectivity index (χ4n) is 2.23. The predicted octanol–water partition coefficient (Wildman–Crippen LogP) is 3.53. The van der Waals surface area contributed by atoms with Gasteiger partial charge in [0.25, 0.3) is 5.91 Å². The van der Waals surface area contributed by atoms with Gasteiger partial charge in [-0.3, -0.25) is 4.79 Å². The number of hydrogen-bond acceptors (Lipinski definition) is 3. The summed E-state index contributed by atoms with van der Waals surface area (Å²) < 4.78 is 37.5. The molecule has 1 heterocycles. The summed E-state index contributed by atoms with van der Waals surface area (Å²) in [6.45, 7) is 0.101. The number of benzene rings is 1. The lowest BCUT2D eigenvalue weighted by Crippen LogP contribution is -2.23. The third-order valence-corrected chi connectivity index (χ3v) is 3.48. The summed E-state index contributed by atoms with van der Waals surface area (Å²) in [6.07, 6.45) is -4.37. The number of fused-ring (bicyclic) bond motifs is 1. The molecule has 24 heavy (non-hydrogen) atoms. The summed E-state index contributed by atoms with van der Waals surface area (Å²) in [6, 6.07) is 13.5. The molecule has 1 aromatic carbocycles. The molecule has 1 amide bonds. The highest BCUT2D eigenvalue weighted by molar-refractivity contribution is 5.98. The van der Waals surface area contributed by atoms with Crippen LogP contribution in [0, 0.1) is 0 Å². The Bertz CT molecular complexity index is 831. The van der Waals surface area contributed by atoms with E-state index in [1.165, 1.54) is 12.1 Å². The molecular formula is C17H12F3N3O. The van der Waals surface area contributed by atoms with Crippen LogP contribution in [0.5, 0.6) is 0 Å². The molecule has 1 aliphatic carbocycles. The van der Waals surface area contributed by atoms with Gasteiger partial charge in [0.15, 0.2) is 5.69 Å². The predicted molar refractivity (Wildman–Crippen MR) is 81.3 cm³/mol. The van der Waals surface area contributed by atoms with Gasteiger partial charge in [-0.2, -0.15) is 13.2 Å². The van der Waals surface area contributed by atoms with Gasteiger partial charge in [-0.15, -0.1) is 10.2 Å². The van der Waals surface area contributed by atoms with Crippen molar-refractivity contribution in [3.8, 4) is 11.3 Å². The number of nitrogens with zero attached hydrogens (tertiary/aromatic N) is 2. The van der Waals surface area contributed by atoms with Crippen LogP contribution in [-0.2, 0) is 12.7 Å². The van der Waals surface area contributed by atoms with Crippen molar-refractivity contribution >= 4 is 5.91 Å². The van der Waals surface area contributed by atoms with Gasteiger partial charge in [-0.05, 0) is 23.8 Å². The lowest BCUT2D eigenvalue weighted by Gasteiger charge is -2.08. The molecule has 0 saturated heterocycles. The molecule has 122 valence electrons. The maximum atomic E-state index is 12.5. The highest BCUT2D eigenvalue weighted by atomic mass is 19.4. The molecule has 1 aliphatic heterocycles. The fourth-order valence-corrected chi connectivity index (χ4v) is 2.23. The monoisotopic (exact) mass is 331 g/mol. The molecule has 0 atom stereocenters. The minimum Gasteiger partial charge on any atom is -0.347 e. The second kappa shape index (κ2) is 6.27. The second-order valence-electron chi connectivity index (χ2n) is 5.14. The van der Waals surface area contributed by atoms with Crippen molar-refractivity contribution in [2.24, 2.45) is 0 Å². The van der Waals surface area contributed by atoms with E-state index in [1.807, 2.05) is 6.07 Å². The number of carbonyl (C=O) groups is 1. The Balaban J connectivity index is 1.70. The van der Waals surface area contributed by atoms with E-state index in [9.17, 15) is 18.0 Å². The molecule has 0 bridgehead atoms. The van der Waals surface area contributed by atoms with Crippen molar-refractivity contribution in [3.63, 3.8) is 0 Å². The lowest BCUT2D eigenvalue weighted by atomic mass is 10.1. The van der Waals surface area contributed by atoms with E-state index in [2.05, 4.69) is 15.5 Å². The number of hydrogen-bond donors (Lipinski definition) is 1. The van der Waals surface area contributed by atoms with E-state index in [4.69, 9.17) is 0 Å². The van der Waals surface area contributed by atoms with Gasteiger partial charge in [0.05, 0.1) is 11.3 Å². The van der Waals surface area contributed by atoms with Crippen LogP contribution in [0.4, 0.5) is 13.2 Å². The van der Waals surface area contributed by atoms with Gasteiger partial charge in [0.1, 0.15) is 0 Å². The first-order valence-corrected chi connectivity index (χ1v) is 7.11. The van der Waals surface area contributed by atoms with Gasteiger partial charge >= 0.3 is 6.18 Å². The van der Waals surface area contributed by atoms with Gasteiger partial charge in [-0.25, -0.2) is 0 Å². The molecule has 0 aromatic heterocycles. The van der Waals surface area contributed by atoms with Crippen molar-refractivity contribution in [1.82, 2.24) is 15.5 Å². The normalized spacial score (nSPS) is 11.5. The summed E-state index contributed by atoms with van der Waals surface area (Å²) in [4.78, 5) is 12.2. The van der Waals surface area contributed by atoms with Gasteiger partial charge in [0, 0.05) is 12.1 Å². The molecule has 0 radical (unpaired) electrons. The summed E-state index contributed by atoms with van der Waals surface area (Å²) in [7, 11) is 0. The Morgan fingerprint density at radius 2 is 1.67 bits per heavy atom. The molecule has 0 unspecified atom stereocenters. The highest BCUT2D eigenvalue weighted by Crippen LogP contribution is 2.29. The molecule has 3 rings (SSSR count). The Morgan fingerprint density at radius 1 is 0.958 bits per heavy atom. The third-order valence-electron chi connectivity index (χ3n) is 3.48. The molecule has 2 aliphatic rings. The van der Waals surface area contributed by atoms with E-state index in [1.54, 1.807) is 24.3 Å². The Labute approximate surface area is 135 Å². The van der Waals surface area contributed by atoms with Crippen LogP contribution in [0.3, 0.4) is 0 Å². The molecular weight excluding hydrogens is 319 g/mol. The third kappa shape index (κ3) is 3.34. The quantitative estimate of drug-likeness (QED) is 0.799. The second-order valence-corrected chi connectivity index (χ2v) is 5.14.